The van der Waals surface area contributed by atoms with Gasteiger partial charge in [-0.05, 0) is 74.6 Å². The molecule has 1 aliphatic carbocycles. The SMILES string of the molecule is Cc1cc2nc(N3CCC(C(=O)NC4CCCC4)CC3)n(-c3ccc(C(N)=O)cc3)c2cc1Cl. The topological polar surface area (TPSA) is 93.2 Å². The van der Waals surface area contributed by atoms with Crippen molar-refractivity contribution in [2.24, 2.45) is 11.7 Å². The smallest absolute Gasteiger partial charge is 0.248 e. The van der Waals surface area contributed by atoms with Gasteiger partial charge < -0.3 is 16.0 Å². The van der Waals surface area contributed by atoms with Crippen molar-refractivity contribution in [3.05, 3.63) is 52.5 Å². The predicted molar refractivity (Wildman–Crippen MR) is 135 cm³/mol. The minimum absolute atomic E-state index is 0.0428. The second kappa shape index (κ2) is 9.29. The molecule has 2 fully saturated rings. The lowest BCUT2D eigenvalue weighted by Crippen LogP contribution is -2.43. The summed E-state index contributed by atoms with van der Waals surface area (Å²) in [5.41, 5.74) is 9.49. The summed E-state index contributed by atoms with van der Waals surface area (Å²) in [5, 5.41) is 3.94. The number of hydrogen-bond donors (Lipinski definition) is 2. The van der Waals surface area contributed by atoms with E-state index in [1.807, 2.05) is 31.2 Å². The fraction of sp³-hybridized carbons (Fsp3) is 0.423. The van der Waals surface area contributed by atoms with Gasteiger partial charge in [0.25, 0.3) is 0 Å². The van der Waals surface area contributed by atoms with Gasteiger partial charge in [0.1, 0.15) is 0 Å². The van der Waals surface area contributed by atoms with Crippen LogP contribution in [0.1, 0.15) is 54.4 Å². The highest BCUT2D eigenvalue weighted by atomic mass is 35.5. The van der Waals surface area contributed by atoms with Crippen LogP contribution in [0.5, 0.6) is 0 Å². The van der Waals surface area contributed by atoms with Gasteiger partial charge in [0.05, 0.1) is 11.0 Å². The molecule has 3 N–H and O–H groups in total. The Kier molecular flexibility index (Phi) is 6.21. The molecule has 1 aromatic heterocycles. The Morgan fingerprint density at radius 2 is 1.74 bits per heavy atom. The van der Waals surface area contributed by atoms with Crippen molar-refractivity contribution in [1.29, 1.82) is 0 Å². The van der Waals surface area contributed by atoms with Crippen molar-refractivity contribution in [1.82, 2.24) is 14.9 Å². The largest absolute Gasteiger partial charge is 0.366 e. The molecule has 0 radical (unpaired) electrons. The van der Waals surface area contributed by atoms with E-state index in [0.717, 1.165) is 67.0 Å². The highest BCUT2D eigenvalue weighted by molar-refractivity contribution is 6.32. The predicted octanol–water partition coefficient (Wildman–Crippen LogP) is 4.36. The van der Waals surface area contributed by atoms with Crippen LogP contribution >= 0.6 is 11.6 Å². The van der Waals surface area contributed by atoms with E-state index < -0.39 is 5.91 Å². The van der Waals surface area contributed by atoms with Gasteiger partial charge in [0.15, 0.2) is 0 Å². The maximum absolute atomic E-state index is 12.8. The Hall–Kier alpha value is -3.06. The molecule has 1 aliphatic heterocycles. The molecule has 2 heterocycles. The first-order chi connectivity index (χ1) is 16.4. The number of aryl methyl sites for hydroxylation is 1. The van der Waals surface area contributed by atoms with Crippen molar-refractivity contribution < 1.29 is 9.59 Å². The molecule has 3 aromatic rings. The summed E-state index contributed by atoms with van der Waals surface area (Å²) >= 11 is 6.47. The van der Waals surface area contributed by atoms with E-state index in [4.69, 9.17) is 22.3 Å². The number of piperidine rings is 1. The second-order valence-corrected chi connectivity index (χ2v) is 9.91. The number of imidazole rings is 1. The fourth-order valence-electron chi connectivity index (χ4n) is 5.16. The van der Waals surface area contributed by atoms with E-state index in [-0.39, 0.29) is 11.8 Å². The summed E-state index contributed by atoms with van der Waals surface area (Å²) in [6.07, 6.45) is 6.22. The van der Waals surface area contributed by atoms with E-state index in [1.54, 1.807) is 12.1 Å². The average Bonchev–Trinajstić information content (AvgIpc) is 3.47. The van der Waals surface area contributed by atoms with Gasteiger partial charge in [-0.3, -0.25) is 14.2 Å². The van der Waals surface area contributed by atoms with Crippen LogP contribution in [-0.4, -0.2) is 40.5 Å². The quantitative estimate of drug-likeness (QED) is 0.568. The van der Waals surface area contributed by atoms with Crippen molar-refractivity contribution in [2.75, 3.05) is 18.0 Å². The van der Waals surface area contributed by atoms with Crippen LogP contribution < -0.4 is 16.0 Å². The molecule has 34 heavy (non-hydrogen) atoms. The summed E-state index contributed by atoms with van der Waals surface area (Å²) in [6.45, 7) is 3.47. The molecule has 2 aromatic carbocycles. The Morgan fingerprint density at radius 1 is 1.06 bits per heavy atom. The number of amides is 2. The highest BCUT2D eigenvalue weighted by Gasteiger charge is 2.30. The highest BCUT2D eigenvalue weighted by Crippen LogP contribution is 2.33. The number of primary amides is 1. The molecule has 0 unspecified atom stereocenters. The zero-order valence-corrected chi connectivity index (χ0v) is 20.1. The normalized spacial score (nSPS) is 17.4. The van der Waals surface area contributed by atoms with E-state index in [9.17, 15) is 9.59 Å². The third-order valence-electron chi connectivity index (χ3n) is 7.18. The standard InChI is InChI=1S/C26H30ClN5O2/c1-16-14-22-23(15-21(16)27)32(20-8-6-17(7-9-20)24(28)33)26(30-22)31-12-10-18(11-13-31)25(34)29-19-4-2-3-5-19/h6-9,14-15,18-19H,2-5,10-13H2,1H3,(H2,28,33)(H,29,34). The molecule has 178 valence electrons. The molecule has 0 bridgehead atoms. The van der Waals surface area contributed by atoms with E-state index in [0.29, 0.717) is 16.6 Å². The van der Waals surface area contributed by atoms with Crippen molar-refractivity contribution >= 4 is 40.4 Å². The molecule has 0 spiro atoms. The Balaban J connectivity index is 1.43. The number of carbonyl (C=O) groups excluding carboxylic acids is 2. The average molecular weight is 480 g/mol. The van der Waals surface area contributed by atoms with Crippen LogP contribution in [0.2, 0.25) is 5.02 Å². The first kappa shape index (κ1) is 22.7. The third kappa shape index (κ3) is 4.37. The minimum atomic E-state index is -0.459. The lowest BCUT2D eigenvalue weighted by molar-refractivity contribution is -0.126. The number of fused-ring (bicyclic) bond motifs is 1. The monoisotopic (exact) mass is 479 g/mol. The van der Waals surface area contributed by atoms with E-state index in [1.165, 1.54) is 12.8 Å². The van der Waals surface area contributed by atoms with Gasteiger partial charge in [-0.1, -0.05) is 24.4 Å². The lowest BCUT2D eigenvalue weighted by Gasteiger charge is -2.33. The van der Waals surface area contributed by atoms with Crippen LogP contribution in [0.15, 0.2) is 36.4 Å². The molecule has 7 nitrogen and oxygen atoms in total. The Labute approximate surface area is 204 Å². The van der Waals surface area contributed by atoms with Crippen LogP contribution in [0.25, 0.3) is 16.7 Å². The van der Waals surface area contributed by atoms with Crippen molar-refractivity contribution in [3.63, 3.8) is 0 Å². The number of rotatable bonds is 5. The number of nitrogens with two attached hydrogens (primary N) is 1. The molecule has 1 saturated carbocycles. The number of nitrogens with one attached hydrogen (secondary N) is 1. The summed E-state index contributed by atoms with van der Waals surface area (Å²) in [6, 6.07) is 11.5. The maximum Gasteiger partial charge on any atom is 0.248 e. The van der Waals surface area contributed by atoms with Gasteiger partial charge >= 0.3 is 0 Å². The maximum atomic E-state index is 12.8. The number of aromatic nitrogens is 2. The fourth-order valence-corrected chi connectivity index (χ4v) is 5.32. The number of nitrogens with zero attached hydrogens (tertiary/aromatic N) is 3. The number of benzene rings is 2. The zero-order valence-electron chi connectivity index (χ0n) is 19.4. The summed E-state index contributed by atoms with van der Waals surface area (Å²) in [5.74, 6) is 0.600. The van der Waals surface area contributed by atoms with E-state index in [2.05, 4.69) is 14.8 Å². The Morgan fingerprint density at radius 3 is 2.38 bits per heavy atom. The molecule has 5 rings (SSSR count). The zero-order chi connectivity index (χ0) is 23.8. The molecular weight excluding hydrogens is 450 g/mol. The number of halogens is 1. The van der Waals surface area contributed by atoms with Gasteiger partial charge in [-0.15, -0.1) is 0 Å². The summed E-state index contributed by atoms with van der Waals surface area (Å²) < 4.78 is 2.07. The van der Waals surface area contributed by atoms with Gasteiger partial charge in [0, 0.05) is 41.3 Å². The van der Waals surface area contributed by atoms with Crippen LogP contribution in [0, 0.1) is 12.8 Å². The number of anilines is 1. The first-order valence-corrected chi connectivity index (χ1v) is 12.4. The number of hydrogen-bond acceptors (Lipinski definition) is 4. The lowest BCUT2D eigenvalue weighted by atomic mass is 9.95. The summed E-state index contributed by atoms with van der Waals surface area (Å²) in [4.78, 5) is 31.5. The minimum Gasteiger partial charge on any atom is -0.366 e. The molecule has 1 saturated heterocycles. The second-order valence-electron chi connectivity index (χ2n) is 9.50. The molecule has 2 amide bonds. The Bertz CT molecular complexity index is 1220. The number of carbonyl (C=O) groups is 2. The van der Waals surface area contributed by atoms with Crippen molar-refractivity contribution in [2.45, 2.75) is 51.5 Å². The first-order valence-electron chi connectivity index (χ1n) is 12.0. The van der Waals surface area contributed by atoms with Gasteiger partial charge in [-0.2, -0.15) is 0 Å². The molecule has 0 atom stereocenters. The van der Waals surface area contributed by atoms with Crippen LogP contribution in [-0.2, 0) is 4.79 Å². The third-order valence-corrected chi connectivity index (χ3v) is 7.58. The van der Waals surface area contributed by atoms with Crippen molar-refractivity contribution in [3.8, 4) is 5.69 Å². The van der Waals surface area contributed by atoms with Gasteiger partial charge in [0.2, 0.25) is 17.8 Å². The van der Waals surface area contributed by atoms with Crippen LogP contribution in [0.3, 0.4) is 0 Å². The van der Waals surface area contributed by atoms with Crippen LogP contribution in [0.4, 0.5) is 5.95 Å². The molecule has 8 heteroatoms. The van der Waals surface area contributed by atoms with Gasteiger partial charge in [-0.25, -0.2) is 4.98 Å². The summed E-state index contributed by atoms with van der Waals surface area (Å²) in [7, 11) is 0. The van der Waals surface area contributed by atoms with E-state index >= 15 is 0 Å². The molecular formula is C26H30ClN5O2. The molecule has 2 aliphatic rings.